The molecule has 30 heavy (non-hydrogen) atoms. The number of sulfone groups is 1. The monoisotopic (exact) mass is 441 g/mol. The molecule has 2 aromatic carbocycles. The summed E-state index contributed by atoms with van der Waals surface area (Å²) in [5.41, 5.74) is 0.458. The third kappa shape index (κ3) is 4.98. The summed E-state index contributed by atoms with van der Waals surface area (Å²) in [4.78, 5) is 0.161. The quantitative estimate of drug-likeness (QED) is 0.682. The molecule has 8 heteroatoms. The molecule has 3 rings (SSSR count). The number of hydrogen-bond donors (Lipinski definition) is 1. The Morgan fingerprint density at radius 3 is 2.47 bits per heavy atom. The molecule has 0 fully saturated rings. The predicted molar refractivity (Wildman–Crippen MR) is 109 cm³/mol. The summed E-state index contributed by atoms with van der Waals surface area (Å²) >= 11 is 0. The van der Waals surface area contributed by atoms with Crippen LogP contribution in [0.5, 0.6) is 5.75 Å². The summed E-state index contributed by atoms with van der Waals surface area (Å²) in [6.45, 7) is 1.81. The number of rotatable bonds is 6. The van der Waals surface area contributed by atoms with Gasteiger partial charge in [-0.2, -0.15) is 13.2 Å². The van der Waals surface area contributed by atoms with E-state index in [0.29, 0.717) is 17.7 Å². The first-order valence-corrected chi connectivity index (χ1v) is 11.5. The van der Waals surface area contributed by atoms with Gasteiger partial charge in [-0.1, -0.05) is 43.3 Å². The summed E-state index contributed by atoms with van der Waals surface area (Å²) in [5, 5.41) is 3.44. The Kier molecular flexibility index (Phi) is 6.48. The number of methoxy groups -OCH3 is 1. The number of alkyl halides is 3. The first-order valence-electron chi connectivity index (χ1n) is 9.89. The largest absolute Gasteiger partial charge is 0.497 e. The van der Waals surface area contributed by atoms with Gasteiger partial charge in [0.05, 0.1) is 23.8 Å². The SMILES string of the molecule is CC[C@]1(CCCC(F)(F)F)CS(=O)(=O)c2cc(OC)ccc2[C@H](c2ccccc2)N1. The summed E-state index contributed by atoms with van der Waals surface area (Å²) in [6, 6.07) is 13.8. The van der Waals surface area contributed by atoms with Crippen molar-refractivity contribution in [1.29, 1.82) is 0 Å². The van der Waals surface area contributed by atoms with Crippen molar-refractivity contribution in [2.75, 3.05) is 12.9 Å². The second-order valence-electron chi connectivity index (χ2n) is 7.75. The van der Waals surface area contributed by atoms with Gasteiger partial charge in [-0.05, 0) is 42.5 Å². The van der Waals surface area contributed by atoms with Crippen LogP contribution in [0.4, 0.5) is 13.2 Å². The molecule has 1 aliphatic heterocycles. The minimum atomic E-state index is -4.27. The average Bonchev–Trinajstić information content (AvgIpc) is 2.80. The van der Waals surface area contributed by atoms with Crippen molar-refractivity contribution in [2.24, 2.45) is 0 Å². The molecule has 0 unspecified atom stereocenters. The Bertz CT molecular complexity index is 977. The number of halogens is 3. The predicted octanol–water partition coefficient (Wildman–Crippen LogP) is 5.04. The van der Waals surface area contributed by atoms with Crippen LogP contribution in [0.1, 0.15) is 49.8 Å². The number of hydrogen-bond acceptors (Lipinski definition) is 4. The molecule has 0 spiro atoms. The van der Waals surface area contributed by atoms with E-state index in [1.165, 1.54) is 13.2 Å². The fourth-order valence-corrected chi connectivity index (χ4v) is 6.23. The Hall–Kier alpha value is -2.06. The van der Waals surface area contributed by atoms with Crippen molar-refractivity contribution in [3.63, 3.8) is 0 Å². The van der Waals surface area contributed by atoms with Gasteiger partial charge in [0, 0.05) is 12.0 Å². The molecule has 1 aliphatic rings. The highest BCUT2D eigenvalue weighted by Crippen LogP contribution is 2.40. The molecule has 0 aliphatic carbocycles. The lowest BCUT2D eigenvalue weighted by molar-refractivity contribution is -0.136. The number of ether oxygens (including phenoxy) is 1. The van der Waals surface area contributed by atoms with Crippen LogP contribution in [0.25, 0.3) is 0 Å². The van der Waals surface area contributed by atoms with Crippen LogP contribution in [0.15, 0.2) is 53.4 Å². The molecule has 2 aromatic rings. The second-order valence-corrected chi connectivity index (χ2v) is 9.71. The molecule has 0 saturated heterocycles. The number of nitrogens with one attached hydrogen (secondary N) is 1. The topological polar surface area (TPSA) is 55.4 Å². The van der Waals surface area contributed by atoms with Crippen LogP contribution in [-0.4, -0.2) is 33.0 Å². The molecule has 2 atom stereocenters. The van der Waals surface area contributed by atoms with Gasteiger partial charge < -0.3 is 4.74 Å². The molecule has 1 N–H and O–H groups in total. The molecule has 164 valence electrons. The van der Waals surface area contributed by atoms with Crippen molar-refractivity contribution < 1.29 is 26.3 Å². The first kappa shape index (κ1) is 22.6. The zero-order chi connectivity index (χ0) is 22.0. The maximum atomic E-state index is 13.4. The van der Waals surface area contributed by atoms with E-state index in [-0.39, 0.29) is 23.5 Å². The van der Waals surface area contributed by atoms with Crippen LogP contribution in [0.3, 0.4) is 0 Å². The lowest BCUT2D eigenvalue weighted by atomic mass is 9.88. The van der Waals surface area contributed by atoms with Gasteiger partial charge in [0.15, 0.2) is 9.84 Å². The molecular formula is C22H26F3NO3S. The second kappa shape index (κ2) is 8.59. The fraction of sp³-hybridized carbons (Fsp3) is 0.455. The van der Waals surface area contributed by atoms with Crippen molar-refractivity contribution in [3.8, 4) is 5.75 Å². The molecule has 0 bridgehead atoms. The summed E-state index contributed by atoms with van der Waals surface area (Å²) in [6.07, 6.45) is -4.85. The smallest absolute Gasteiger partial charge is 0.389 e. The Morgan fingerprint density at radius 1 is 1.17 bits per heavy atom. The highest BCUT2D eigenvalue weighted by atomic mass is 32.2. The van der Waals surface area contributed by atoms with Crippen LogP contribution >= 0.6 is 0 Å². The van der Waals surface area contributed by atoms with Crippen molar-refractivity contribution in [1.82, 2.24) is 5.32 Å². The minimum Gasteiger partial charge on any atom is -0.497 e. The normalized spacial score (nSPS) is 23.4. The van der Waals surface area contributed by atoms with Gasteiger partial charge in [0.2, 0.25) is 0 Å². The van der Waals surface area contributed by atoms with E-state index in [4.69, 9.17) is 4.74 Å². The number of benzene rings is 2. The number of fused-ring (bicyclic) bond motifs is 1. The fourth-order valence-electron chi connectivity index (χ4n) is 4.08. The molecule has 0 aromatic heterocycles. The van der Waals surface area contributed by atoms with E-state index >= 15 is 0 Å². The van der Waals surface area contributed by atoms with E-state index in [2.05, 4.69) is 5.32 Å². The summed E-state index contributed by atoms with van der Waals surface area (Å²) in [5.74, 6) is 0.155. The van der Waals surface area contributed by atoms with Gasteiger partial charge in [0.25, 0.3) is 0 Å². The Morgan fingerprint density at radius 2 is 1.87 bits per heavy atom. The van der Waals surface area contributed by atoms with E-state index < -0.39 is 34.0 Å². The van der Waals surface area contributed by atoms with Crippen LogP contribution in [-0.2, 0) is 9.84 Å². The van der Waals surface area contributed by atoms with E-state index in [9.17, 15) is 21.6 Å². The molecule has 0 saturated carbocycles. The molecule has 0 radical (unpaired) electrons. The Balaban J connectivity index is 2.10. The van der Waals surface area contributed by atoms with Gasteiger partial charge in [-0.15, -0.1) is 0 Å². The molecule has 0 amide bonds. The first-order chi connectivity index (χ1) is 14.1. The minimum absolute atomic E-state index is 0.108. The van der Waals surface area contributed by atoms with Gasteiger partial charge in [0.1, 0.15) is 5.75 Å². The van der Waals surface area contributed by atoms with Gasteiger partial charge in [-0.3, -0.25) is 5.32 Å². The van der Waals surface area contributed by atoms with E-state index in [0.717, 1.165) is 5.56 Å². The van der Waals surface area contributed by atoms with Crippen LogP contribution in [0, 0.1) is 0 Å². The third-order valence-corrected chi connectivity index (χ3v) is 7.67. The maximum Gasteiger partial charge on any atom is 0.389 e. The summed E-state index contributed by atoms with van der Waals surface area (Å²) in [7, 11) is -2.30. The average molecular weight is 442 g/mol. The lowest BCUT2D eigenvalue weighted by Gasteiger charge is -2.36. The van der Waals surface area contributed by atoms with Crippen LogP contribution < -0.4 is 10.1 Å². The standard InChI is InChI=1S/C22H26F3NO3S/c1-3-21(12-7-13-22(23,24)25)15-30(27,28)19-14-17(29-2)10-11-18(19)20(26-21)16-8-5-4-6-9-16/h4-6,8-11,14,20,26H,3,7,12-13,15H2,1-2H3/t20-,21-/m0/s1. The third-order valence-electron chi connectivity index (χ3n) is 5.71. The van der Waals surface area contributed by atoms with E-state index in [1.807, 2.05) is 37.3 Å². The van der Waals surface area contributed by atoms with Gasteiger partial charge >= 0.3 is 6.18 Å². The lowest BCUT2D eigenvalue weighted by Crippen LogP contribution is -2.50. The van der Waals surface area contributed by atoms with Crippen molar-refractivity contribution in [3.05, 3.63) is 59.7 Å². The van der Waals surface area contributed by atoms with E-state index in [1.54, 1.807) is 12.1 Å². The molecular weight excluding hydrogens is 415 g/mol. The van der Waals surface area contributed by atoms with Crippen molar-refractivity contribution in [2.45, 2.75) is 55.3 Å². The Labute approximate surface area is 175 Å². The van der Waals surface area contributed by atoms with Gasteiger partial charge in [-0.25, -0.2) is 8.42 Å². The highest BCUT2D eigenvalue weighted by molar-refractivity contribution is 7.91. The summed E-state index contributed by atoms with van der Waals surface area (Å²) < 4.78 is 70.2. The highest BCUT2D eigenvalue weighted by Gasteiger charge is 2.42. The zero-order valence-electron chi connectivity index (χ0n) is 17.0. The van der Waals surface area contributed by atoms with Crippen LogP contribution in [0.2, 0.25) is 0 Å². The molecule has 4 nitrogen and oxygen atoms in total. The van der Waals surface area contributed by atoms with Crippen molar-refractivity contribution >= 4 is 9.84 Å². The maximum absolute atomic E-state index is 13.4. The zero-order valence-corrected chi connectivity index (χ0v) is 17.8. The molecule has 1 heterocycles.